The number of amides is 2. The Hall–Kier alpha value is -1.77. The molecule has 36 heavy (non-hydrogen) atoms. The average Bonchev–Trinajstić information content (AvgIpc) is 3.31. The summed E-state index contributed by atoms with van der Waals surface area (Å²) in [6.07, 6.45) is 0.420. The highest BCUT2D eigenvalue weighted by Crippen LogP contribution is 2.30. The molecule has 7 atom stereocenters. The van der Waals surface area contributed by atoms with Crippen molar-refractivity contribution in [3.63, 3.8) is 0 Å². The van der Waals surface area contributed by atoms with Gasteiger partial charge in [-0.2, -0.15) is 11.8 Å². The Morgan fingerprint density at radius 1 is 0.944 bits per heavy atom. The van der Waals surface area contributed by atoms with E-state index < -0.39 is 48.5 Å². The van der Waals surface area contributed by atoms with Gasteiger partial charge in [0.25, 0.3) is 0 Å². The predicted octanol–water partition coefficient (Wildman–Crippen LogP) is -0.0456. The summed E-state index contributed by atoms with van der Waals surface area (Å²) in [5.41, 5.74) is 0. The van der Waals surface area contributed by atoms with Crippen LogP contribution >= 0.6 is 11.8 Å². The maximum Gasteiger partial charge on any atom is 0.249 e. The summed E-state index contributed by atoms with van der Waals surface area (Å²) in [5, 5.41) is 63.2. The predicted molar refractivity (Wildman–Crippen MR) is 135 cm³/mol. The van der Waals surface area contributed by atoms with Crippen molar-refractivity contribution in [2.24, 2.45) is 0 Å². The number of carbonyl (C=O) groups is 2. The number of aromatic nitrogens is 3. The van der Waals surface area contributed by atoms with E-state index in [9.17, 15) is 35.1 Å². The summed E-state index contributed by atoms with van der Waals surface area (Å²) in [6.45, 7) is 4.18. The maximum atomic E-state index is 12.9. The molecule has 13 heteroatoms. The smallest absolute Gasteiger partial charge is 0.249 e. The average molecular weight is 532 g/mol. The van der Waals surface area contributed by atoms with E-state index in [2.05, 4.69) is 27.9 Å². The molecule has 2 unspecified atom stereocenters. The molecular weight excluding hydrogens is 490 g/mol. The van der Waals surface area contributed by atoms with Crippen LogP contribution in [0.3, 0.4) is 0 Å². The van der Waals surface area contributed by atoms with Crippen molar-refractivity contribution in [2.75, 3.05) is 16.8 Å². The van der Waals surface area contributed by atoms with Gasteiger partial charge in [0.1, 0.15) is 42.6 Å². The molecule has 0 radical (unpaired) electrons. The quantitative estimate of drug-likeness (QED) is 0.151. The van der Waals surface area contributed by atoms with Gasteiger partial charge in [0.05, 0.1) is 6.20 Å². The van der Waals surface area contributed by atoms with Crippen molar-refractivity contribution < 1.29 is 35.1 Å². The van der Waals surface area contributed by atoms with Gasteiger partial charge in [0.15, 0.2) is 5.82 Å². The third-order valence-electron chi connectivity index (χ3n) is 6.21. The van der Waals surface area contributed by atoms with Crippen LogP contribution < -0.4 is 10.6 Å². The Kier molecular flexibility index (Phi) is 13.1. The van der Waals surface area contributed by atoms with Crippen molar-refractivity contribution in [3.8, 4) is 0 Å². The van der Waals surface area contributed by atoms with Crippen LogP contribution in [0, 0.1) is 0 Å². The van der Waals surface area contributed by atoms with Gasteiger partial charge in [-0.15, -0.1) is 5.10 Å². The molecule has 0 aromatic carbocycles. The lowest BCUT2D eigenvalue weighted by Gasteiger charge is -2.41. The highest BCUT2D eigenvalue weighted by molar-refractivity contribution is 7.99. The third kappa shape index (κ3) is 8.67. The summed E-state index contributed by atoms with van der Waals surface area (Å²) >= 11 is 1.55. The van der Waals surface area contributed by atoms with Gasteiger partial charge >= 0.3 is 0 Å². The van der Waals surface area contributed by atoms with E-state index in [1.807, 2.05) is 6.92 Å². The summed E-state index contributed by atoms with van der Waals surface area (Å²) in [6, 6.07) is -2.09. The fourth-order valence-electron chi connectivity index (χ4n) is 4.08. The molecule has 2 rings (SSSR count). The largest absolute Gasteiger partial charge is 0.388 e. The molecule has 7 N–H and O–H groups in total. The van der Waals surface area contributed by atoms with Crippen LogP contribution in [0.25, 0.3) is 0 Å². The molecule has 0 aliphatic heterocycles. The highest BCUT2D eigenvalue weighted by Gasteiger charge is 2.49. The zero-order valence-electron chi connectivity index (χ0n) is 21.0. The second-order valence-corrected chi connectivity index (χ2v) is 10.4. The van der Waals surface area contributed by atoms with Crippen LogP contribution in [0.15, 0.2) is 6.20 Å². The number of hydrogen-bond donors (Lipinski definition) is 7. The Labute approximate surface area is 215 Å². The molecule has 0 bridgehead atoms. The molecule has 0 spiro atoms. The first-order valence-electron chi connectivity index (χ1n) is 12.7. The third-order valence-corrected chi connectivity index (χ3v) is 7.47. The summed E-state index contributed by atoms with van der Waals surface area (Å²) in [4.78, 5) is 25.4. The number of unbranched alkanes of at least 4 members (excludes halogenated alkanes) is 5. The van der Waals surface area contributed by atoms with E-state index in [4.69, 9.17) is 0 Å². The van der Waals surface area contributed by atoms with Gasteiger partial charge in [0.2, 0.25) is 11.8 Å². The standard InChI is InChI=1S/C23H41N5O7S/c1-3-5-6-7-8-9-10-16(29)24-14(13-36-11-4-2)23(35)25-15-12-28(27-26-15)17-18(30)20(32)22(34)21(33)19(17)31/h12,14,17-22,30-34H,3-11,13H2,1-2H3,(H,24,29)(H,25,35)/t14-,17?,18+,19+,20-,21+,22?/m1/s1. The second kappa shape index (κ2) is 15.5. The number of thioether (sulfide) groups is 1. The lowest BCUT2D eigenvalue weighted by Crippen LogP contribution is -2.61. The van der Waals surface area contributed by atoms with Crippen molar-refractivity contribution in [1.29, 1.82) is 0 Å². The van der Waals surface area contributed by atoms with Gasteiger partial charge in [-0.05, 0) is 18.6 Å². The summed E-state index contributed by atoms with van der Waals surface area (Å²) in [7, 11) is 0. The van der Waals surface area contributed by atoms with Crippen molar-refractivity contribution in [1.82, 2.24) is 20.3 Å². The topological polar surface area (TPSA) is 190 Å². The Bertz CT molecular complexity index is 798. The Morgan fingerprint density at radius 3 is 2.19 bits per heavy atom. The number of aliphatic hydroxyl groups is 5. The maximum absolute atomic E-state index is 12.9. The lowest BCUT2D eigenvalue weighted by molar-refractivity contribution is -0.200. The number of hydrogen-bond acceptors (Lipinski definition) is 10. The number of aliphatic hydroxyl groups excluding tert-OH is 5. The van der Waals surface area contributed by atoms with Gasteiger partial charge in [-0.1, -0.05) is 51.2 Å². The van der Waals surface area contributed by atoms with E-state index in [-0.39, 0.29) is 11.7 Å². The van der Waals surface area contributed by atoms with Gasteiger partial charge in [0, 0.05) is 12.2 Å². The van der Waals surface area contributed by atoms with Crippen LogP contribution in [0.1, 0.15) is 71.3 Å². The summed E-state index contributed by atoms with van der Waals surface area (Å²) < 4.78 is 1.02. The number of anilines is 1. The number of carbonyl (C=O) groups excluding carboxylic acids is 2. The summed E-state index contributed by atoms with van der Waals surface area (Å²) in [5.74, 6) is 0.543. The van der Waals surface area contributed by atoms with E-state index in [0.717, 1.165) is 49.0 Å². The number of nitrogens with one attached hydrogen (secondary N) is 2. The van der Waals surface area contributed by atoms with E-state index in [1.165, 1.54) is 12.6 Å². The first-order valence-corrected chi connectivity index (χ1v) is 13.9. The SMILES string of the molecule is CCCCCCCCC(=O)N[C@H](CSCCC)C(=O)Nc1cn(C2[C@H](O)[C@H](O)C(O)[C@H](O)[C@H]2O)nn1. The monoisotopic (exact) mass is 531 g/mol. The minimum atomic E-state index is -1.73. The van der Waals surface area contributed by atoms with E-state index in [0.29, 0.717) is 12.2 Å². The molecular formula is C23H41N5O7S. The molecule has 1 aromatic heterocycles. The van der Waals surface area contributed by atoms with Crippen molar-refractivity contribution in [2.45, 2.75) is 108 Å². The van der Waals surface area contributed by atoms with Crippen LogP contribution in [0.4, 0.5) is 5.82 Å². The highest BCUT2D eigenvalue weighted by atomic mass is 32.2. The van der Waals surface area contributed by atoms with E-state index >= 15 is 0 Å². The van der Waals surface area contributed by atoms with Crippen molar-refractivity contribution in [3.05, 3.63) is 6.20 Å². The van der Waals surface area contributed by atoms with Crippen LogP contribution in [-0.4, -0.2) is 100 Å². The normalized spacial score (nSPS) is 27.0. The molecule has 2 amide bonds. The first-order chi connectivity index (χ1) is 17.2. The zero-order chi connectivity index (χ0) is 26.7. The molecule has 1 aliphatic rings. The Balaban J connectivity index is 1.98. The molecule has 1 heterocycles. The number of rotatable bonds is 15. The molecule has 1 fully saturated rings. The lowest BCUT2D eigenvalue weighted by atomic mass is 9.83. The van der Waals surface area contributed by atoms with Gasteiger partial charge < -0.3 is 36.2 Å². The minimum absolute atomic E-state index is 0.00478. The minimum Gasteiger partial charge on any atom is -0.388 e. The Morgan fingerprint density at radius 2 is 1.56 bits per heavy atom. The fraction of sp³-hybridized carbons (Fsp3) is 0.826. The van der Waals surface area contributed by atoms with Crippen LogP contribution in [0.2, 0.25) is 0 Å². The molecule has 1 aromatic rings. The first kappa shape index (κ1) is 30.5. The zero-order valence-corrected chi connectivity index (χ0v) is 21.8. The van der Waals surface area contributed by atoms with Crippen LogP contribution in [0.5, 0.6) is 0 Å². The molecule has 0 saturated heterocycles. The van der Waals surface area contributed by atoms with Gasteiger partial charge in [-0.3, -0.25) is 9.59 Å². The number of nitrogens with zero attached hydrogens (tertiary/aromatic N) is 3. The van der Waals surface area contributed by atoms with E-state index in [1.54, 1.807) is 11.8 Å². The van der Waals surface area contributed by atoms with Gasteiger partial charge in [-0.25, -0.2) is 4.68 Å². The molecule has 12 nitrogen and oxygen atoms in total. The van der Waals surface area contributed by atoms with Crippen molar-refractivity contribution >= 4 is 29.4 Å². The molecule has 1 aliphatic carbocycles. The van der Waals surface area contributed by atoms with Crippen LogP contribution in [-0.2, 0) is 9.59 Å². The fourth-order valence-corrected chi connectivity index (χ4v) is 5.00. The molecule has 1 saturated carbocycles. The molecule has 206 valence electrons. The second-order valence-electron chi connectivity index (χ2n) is 9.23.